The molecule has 1 unspecified atom stereocenters. The average molecular weight is 434 g/mol. The molecule has 2 N–H and O–H groups in total. The van der Waals surface area contributed by atoms with Crippen LogP contribution in [0.25, 0.3) is 0 Å². The molecule has 1 saturated heterocycles. The van der Waals surface area contributed by atoms with Gasteiger partial charge in [0.1, 0.15) is 0 Å². The summed E-state index contributed by atoms with van der Waals surface area (Å²) >= 11 is 0. The van der Waals surface area contributed by atoms with Crippen molar-refractivity contribution in [3.63, 3.8) is 0 Å². The number of methoxy groups -OCH3 is 1. The van der Waals surface area contributed by atoms with Gasteiger partial charge < -0.3 is 20.1 Å². The minimum atomic E-state index is -0.0408. The zero-order chi connectivity index (χ0) is 22.3. The highest BCUT2D eigenvalue weighted by atomic mass is 16.5. The first-order valence-corrected chi connectivity index (χ1v) is 11.5. The molecular formula is C26H31N3O3. The summed E-state index contributed by atoms with van der Waals surface area (Å²) in [6.07, 6.45) is 6.48. The van der Waals surface area contributed by atoms with Gasteiger partial charge in [0.05, 0.1) is 24.8 Å². The number of nitrogens with zero attached hydrogens (tertiary/aromatic N) is 1. The van der Waals surface area contributed by atoms with Gasteiger partial charge in [0.15, 0.2) is 11.5 Å². The summed E-state index contributed by atoms with van der Waals surface area (Å²) in [4.78, 5) is 12.5. The average Bonchev–Trinajstić information content (AvgIpc) is 3.34. The van der Waals surface area contributed by atoms with E-state index in [4.69, 9.17) is 14.7 Å². The molecule has 1 amide bonds. The second kappa shape index (κ2) is 10.4. The standard InChI is InChI=1S/C26H31N3O3/c1-31-24-11-8-19(15-25(24)32-23-4-2-3-5-23)21-14-20(26(30)29-17-21)12-13-28-22-9-6-18(16-27)7-10-22/h6-11,15,20-21,23,28H,2-5,12-14,17H2,1H3,(H,29,30)/t20?,21-/m1/s1. The highest BCUT2D eigenvalue weighted by Gasteiger charge is 2.30. The summed E-state index contributed by atoms with van der Waals surface area (Å²) < 4.78 is 11.8. The lowest BCUT2D eigenvalue weighted by atomic mass is 9.83. The highest BCUT2D eigenvalue weighted by molar-refractivity contribution is 5.79. The molecule has 32 heavy (non-hydrogen) atoms. The number of hydrogen-bond donors (Lipinski definition) is 2. The normalized spacial score (nSPS) is 20.9. The van der Waals surface area contributed by atoms with E-state index in [0.29, 0.717) is 18.7 Å². The van der Waals surface area contributed by atoms with Crippen molar-refractivity contribution in [3.05, 3.63) is 53.6 Å². The molecule has 2 fully saturated rings. The molecule has 6 nitrogen and oxygen atoms in total. The third-order valence-corrected chi connectivity index (χ3v) is 6.55. The van der Waals surface area contributed by atoms with Gasteiger partial charge in [-0.1, -0.05) is 6.07 Å². The second-order valence-electron chi connectivity index (χ2n) is 8.71. The Morgan fingerprint density at radius 2 is 1.91 bits per heavy atom. The molecule has 0 bridgehead atoms. The summed E-state index contributed by atoms with van der Waals surface area (Å²) in [5.41, 5.74) is 2.78. The van der Waals surface area contributed by atoms with E-state index in [0.717, 1.165) is 42.9 Å². The van der Waals surface area contributed by atoms with Crippen molar-refractivity contribution in [2.45, 2.75) is 50.5 Å². The maximum atomic E-state index is 12.5. The van der Waals surface area contributed by atoms with E-state index in [1.807, 2.05) is 18.2 Å². The van der Waals surface area contributed by atoms with Crippen molar-refractivity contribution in [3.8, 4) is 17.6 Å². The molecule has 1 heterocycles. The summed E-state index contributed by atoms with van der Waals surface area (Å²) in [6, 6.07) is 15.7. The zero-order valence-electron chi connectivity index (χ0n) is 18.6. The largest absolute Gasteiger partial charge is 0.493 e. The number of carbonyl (C=O) groups excluding carboxylic acids is 1. The van der Waals surface area contributed by atoms with Gasteiger partial charge >= 0.3 is 0 Å². The van der Waals surface area contributed by atoms with E-state index < -0.39 is 0 Å². The third-order valence-electron chi connectivity index (χ3n) is 6.55. The van der Waals surface area contributed by atoms with Crippen LogP contribution >= 0.6 is 0 Å². The van der Waals surface area contributed by atoms with Gasteiger partial charge in [-0.3, -0.25) is 4.79 Å². The zero-order valence-corrected chi connectivity index (χ0v) is 18.6. The number of anilines is 1. The molecule has 0 aromatic heterocycles. The molecule has 6 heteroatoms. The van der Waals surface area contributed by atoms with E-state index in [9.17, 15) is 4.79 Å². The van der Waals surface area contributed by atoms with Crippen molar-refractivity contribution >= 4 is 11.6 Å². The Morgan fingerprint density at radius 3 is 2.62 bits per heavy atom. The lowest BCUT2D eigenvalue weighted by Crippen LogP contribution is -2.41. The number of carbonyl (C=O) groups is 1. The highest BCUT2D eigenvalue weighted by Crippen LogP contribution is 2.37. The SMILES string of the molecule is COc1ccc([C@H]2CNC(=O)C(CCNc3ccc(C#N)cc3)C2)cc1OC1CCCC1. The number of piperidine rings is 1. The molecule has 1 saturated carbocycles. The number of hydrogen-bond acceptors (Lipinski definition) is 5. The molecule has 2 atom stereocenters. The van der Waals surface area contributed by atoms with Gasteiger partial charge in [-0.05, 0) is 80.5 Å². The van der Waals surface area contributed by atoms with E-state index in [2.05, 4.69) is 28.8 Å². The van der Waals surface area contributed by atoms with Crippen LogP contribution in [0.15, 0.2) is 42.5 Å². The van der Waals surface area contributed by atoms with Crippen molar-refractivity contribution in [1.29, 1.82) is 5.26 Å². The minimum Gasteiger partial charge on any atom is -0.493 e. The number of nitrogens with one attached hydrogen (secondary N) is 2. The van der Waals surface area contributed by atoms with Gasteiger partial charge in [0.2, 0.25) is 5.91 Å². The Balaban J connectivity index is 1.37. The Hall–Kier alpha value is -3.20. The molecule has 168 valence electrons. The maximum Gasteiger partial charge on any atom is 0.223 e. The molecule has 2 aromatic carbocycles. The molecule has 2 aromatic rings. The fourth-order valence-corrected chi connectivity index (χ4v) is 4.68. The monoisotopic (exact) mass is 433 g/mol. The molecule has 1 aliphatic heterocycles. The summed E-state index contributed by atoms with van der Waals surface area (Å²) in [5, 5.41) is 15.4. The molecule has 0 spiro atoms. The van der Waals surface area contributed by atoms with Crippen LogP contribution in [-0.4, -0.2) is 32.2 Å². The van der Waals surface area contributed by atoms with Crippen LogP contribution in [0.2, 0.25) is 0 Å². The van der Waals surface area contributed by atoms with Gasteiger partial charge in [0.25, 0.3) is 0 Å². The predicted octanol–water partition coefficient (Wildman–Crippen LogP) is 4.61. The molecular weight excluding hydrogens is 402 g/mol. The first kappa shape index (κ1) is 22.0. The van der Waals surface area contributed by atoms with Crippen molar-refractivity contribution in [2.75, 3.05) is 25.5 Å². The number of ether oxygens (including phenoxy) is 2. The number of rotatable bonds is 8. The van der Waals surface area contributed by atoms with E-state index in [1.165, 1.54) is 18.4 Å². The number of amides is 1. The third kappa shape index (κ3) is 5.34. The van der Waals surface area contributed by atoms with E-state index in [1.54, 1.807) is 19.2 Å². The Morgan fingerprint density at radius 1 is 1.12 bits per heavy atom. The quantitative estimate of drug-likeness (QED) is 0.635. The minimum absolute atomic E-state index is 0.0408. The smallest absolute Gasteiger partial charge is 0.223 e. The van der Waals surface area contributed by atoms with Crippen LogP contribution in [0.3, 0.4) is 0 Å². The summed E-state index contributed by atoms with van der Waals surface area (Å²) in [6.45, 7) is 1.35. The number of nitriles is 1. The second-order valence-corrected chi connectivity index (χ2v) is 8.71. The van der Waals surface area contributed by atoms with Gasteiger partial charge in [0, 0.05) is 30.6 Å². The van der Waals surface area contributed by atoms with Gasteiger partial charge in [-0.25, -0.2) is 0 Å². The van der Waals surface area contributed by atoms with Crippen LogP contribution in [0.4, 0.5) is 5.69 Å². The lowest BCUT2D eigenvalue weighted by molar-refractivity contribution is -0.127. The van der Waals surface area contributed by atoms with Crippen LogP contribution in [-0.2, 0) is 4.79 Å². The lowest BCUT2D eigenvalue weighted by Gasteiger charge is -2.30. The topological polar surface area (TPSA) is 83.4 Å². The van der Waals surface area contributed by atoms with Crippen molar-refractivity contribution in [1.82, 2.24) is 5.32 Å². The predicted molar refractivity (Wildman–Crippen MR) is 124 cm³/mol. The summed E-state index contributed by atoms with van der Waals surface area (Å²) in [7, 11) is 1.67. The molecule has 0 radical (unpaired) electrons. The first-order chi connectivity index (χ1) is 15.7. The van der Waals surface area contributed by atoms with Crippen LogP contribution in [0, 0.1) is 17.2 Å². The van der Waals surface area contributed by atoms with Crippen LogP contribution < -0.4 is 20.1 Å². The van der Waals surface area contributed by atoms with Gasteiger partial charge in [-0.15, -0.1) is 0 Å². The Labute approximate surface area is 189 Å². The molecule has 2 aliphatic rings. The fraction of sp³-hybridized carbons (Fsp3) is 0.462. The molecule has 4 rings (SSSR count). The Bertz CT molecular complexity index is 961. The van der Waals surface area contributed by atoms with Crippen LogP contribution in [0.1, 0.15) is 55.6 Å². The molecule has 1 aliphatic carbocycles. The van der Waals surface area contributed by atoms with E-state index >= 15 is 0 Å². The first-order valence-electron chi connectivity index (χ1n) is 11.5. The summed E-state index contributed by atoms with van der Waals surface area (Å²) in [5.74, 6) is 1.92. The maximum absolute atomic E-state index is 12.5. The van der Waals surface area contributed by atoms with Crippen molar-refractivity contribution in [2.24, 2.45) is 5.92 Å². The van der Waals surface area contributed by atoms with Crippen molar-refractivity contribution < 1.29 is 14.3 Å². The fourth-order valence-electron chi connectivity index (χ4n) is 4.68. The van der Waals surface area contributed by atoms with Gasteiger partial charge in [-0.2, -0.15) is 5.26 Å². The van der Waals surface area contributed by atoms with Crippen LogP contribution in [0.5, 0.6) is 11.5 Å². The Kier molecular flexibility index (Phi) is 7.16. The number of benzene rings is 2. The van der Waals surface area contributed by atoms with E-state index in [-0.39, 0.29) is 23.8 Å².